The average molecular weight is 294 g/mol. The quantitative estimate of drug-likeness (QED) is 0.694. The van der Waals surface area contributed by atoms with Gasteiger partial charge in [0, 0.05) is 12.6 Å². The Kier molecular flexibility index (Phi) is 8.55. The molecule has 2 nitrogen and oxygen atoms in total. The second-order valence-corrected chi connectivity index (χ2v) is 6.12. The Morgan fingerprint density at radius 1 is 1.19 bits per heavy atom. The van der Waals surface area contributed by atoms with Crippen LogP contribution in [-0.4, -0.2) is 31.6 Å². The van der Waals surface area contributed by atoms with Gasteiger partial charge in [0.25, 0.3) is 0 Å². The predicted molar refractivity (Wildman–Crippen MR) is 89.0 cm³/mol. The van der Waals surface area contributed by atoms with Crippen molar-refractivity contribution in [3.05, 3.63) is 35.6 Å². The van der Waals surface area contributed by atoms with Crippen molar-refractivity contribution < 1.29 is 4.39 Å². The first-order chi connectivity index (χ1) is 10.1. The molecule has 21 heavy (non-hydrogen) atoms. The maximum atomic E-state index is 13.1. The van der Waals surface area contributed by atoms with Gasteiger partial charge in [-0.25, -0.2) is 4.39 Å². The highest BCUT2D eigenvalue weighted by atomic mass is 19.1. The van der Waals surface area contributed by atoms with E-state index in [1.54, 1.807) is 12.1 Å². The van der Waals surface area contributed by atoms with Crippen molar-refractivity contribution in [1.82, 2.24) is 10.2 Å². The molecule has 1 aromatic rings. The summed E-state index contributed by atoms with van der Waals surface area (Å²) in [5.41, 5.74) is 1.18. The number of hydrogen-bond acceptors (Lipinski definition) is 2. The van der Waals surface area contributed by atoms with E-state index in [-0.39, 0.29) is 5.82 Å². The Bertz CT molecular complexity index is 377. The fraction of sp³-hybridized carbons (Fsp3) is 0.667. The van der Waals surface area contributed by atoms with Gasteiger partial charge in [-0.15, -0.1) is 0 Å². The third kappa shape index (κ3) is 7.05. The summed E-state index contributed by atoms with van der Waals surface area (Å²) in [6, 6.07) is 7.22. The average Bonchev–Trinajstić information content (AvgIpc) is 2.48. The van der Waals surface area contributed by atoms with E-state index in [1.807, 2.05) is 12.1 Å². The molecule has 3 heteroatoms. The molecule has 120 valence electrons. The van der Waals surface area contributed by atoms with Crippen molar-refractivity contribution in [3.8, 4) is 0 Å². The molecule has 0 amide bonds. The lowest BCUT2D eigenvalue weighted by molar-refractivity contribution is 0.266. The molecule has 0 fully saturated rings. The number of halogens is 1. The first-order valence-corrected chi connectivity index (χ1v) is 8.24. The third-order valence-electron chi connectivity index (χ3n) is 4.03. The smallest absolute Gasteiger partial charge is 0.123 e. The van der Waals surface area contributed by atoms with Crippen LogP contribution < -0.4 is 5.32 Å². The van der Waals surface area contributed by atoms with Crippen LogP contribution in [0, 0.1) is 11.7 Å². The monoisotopic (exact) mass is 294 g/mol. The standard InChI is InChI=1S/C18H31FN2/c1-5-12-20-18(16-7-9-17(19)10-8-16)11-13-21(4)14-15(3)6-2/h7-10,15,18,20H,5-6,11-14H2,1-4H3. The van der Waals surface area contributed by atoms with Crippen molar-refractivity contribution in [3.63, 3.8) is 0 Å². The van der Waals surface area contributed by atoms with E-state index in [4.69, 9.17) is 0 Å². The van der Waals surface area contributed by atoms with Crippen LogP contribution in [0.5, 0.6) is 0 Å². The minimum absolute atomic E-state index is 0.165. The molecule has 0 heterocycles. The number of nitrogens with zero attached hydrogens (tertiary/aromatic N) is 1. The number of nitrogens with one attached hydrogen (secondary N) is 1. The molecular weight excluding hydrogens is 263 g/mol. The number of benzene rings is 1. The van der Waals surface area contributed by atoms with Crippen molar-refractivity contribution in [2.24, 2.45) is 5.92 Å². The van der Waals surface area contributed by atoms with Gasteiger partial charge in [0.2, 0.25) is 0 Å². The zero-order valence-electron chi connectivity index (χ0n) is 14.0. The van der Waals surface area contributed by atoms with Gasteiger partial charge in [0.15, 0.2) is 0 Å². The summed E-state index contributed by atoms with van der Waals surface area (Å²) in [5.74, 6) is 0.574. The highest BCUT2D eigenvalue weighted by Crippen LogP contribution is 2.18. The molecule has 0 spiro atoms. The van der Waals surface area contributed by atoms with Crippen LogP contribution in [0.2, 0.25) is 0 Å². The van der Waals surface area contributed by atoms with E-state index >= 15 is 0 Å². The summed E-state index contributed by atoms with van der Waals surface area (Å²) >= 11 is 0. The van der Waals surface area contributed by atoms with E-state index < -0.39 is 0 Å². The highest BCUT2D eigenvalue weighted by molar-refractivity contribution is 5.19. The van der Waals surface area contributed by atoms with E-state index in [0.29, 0.717) is 6.04 Å². The van der Waals surface area contributed by atoms with E-state index in [9.17, 15) is 4.39 Å². The minimum Gasteiger partial charge on any atom is -0.310 e. The van der Waals surface area contributed by atoms with Crippen LogP contribution in [-0.2, 0) is 0 Å². The normalized spacial score (nSPS) is 14.4. The molecule has 0 aliphatic heterocycles. The number of rotatable bonds is 10. The fourth-order valence-electron chi connectivity index (χ4n) is 2.50. The molecule has 2 atom stereocenters. The molecule has 0 bridgehead atoms. The maximum Gasteiger partial charge on any atom is 0.123 e. The van der Waals surface area contributed by atoms with Gasteiger partial charge in [-0.1, -0.05) is 39.3 Å². The van der Waals surface area contributed by atoms with Crippen LogP contribution in [0.4, 0.5) is 4.39 Å². The highest BCUT2D eigenvalue weighted by Gasteiger charge is 2.12. The molecule has 0 aromatic heterocycles. The maximum absolute atomic E-state index is 13.1. The second kappa shape index (κ2) is 9.91. The molecular formula is C18H31FN2. The molecule has 0 saturated carbocycles. The second-order valence-electron chi connectivity index (χ2n) is 6.12. The molecule has 0 radical (unpaired) electrons. The molecule has 2 unspecified atom stereocenters. The molecule has 0 saturated heterocycles. The molecule has 0 aliphatic rings. The first-order valence-electron chi connectivity index (χ1n) is 8.24. The van der Waals surface area contributed by atoms with Gasteiger partial charge < -0.3 is 10.2 Å². The van der Waals surface area contributed by atoms with E-state index in [0.717, 1.165) is 38.4 Å². The van der Waals surface area contributed by atoms with Crippen molar-refractivity contribution in [2.45, 2.75) is 46.1 Å². The summed E-state index contributed by atoms with van der Waals surface area (Å²) in [7, 11) is 2.19. The predicted octanol–water partition coefficient (Wildman–Crippen LogP) is 4.23. The minimum atomic E-state index is -0.165. The SMILES string of the molecule is CCCNC(CCN(C)CC(C)CC)c1ccc(F)cc1. The summed E-state index contributed by atoms with van der Waals surface area (Å²) in [5, 5.41) is 3.58. The fourth-order valence-corrected chi connectivity index (χ4v) is 2.50. The van der Waals surface area contributed by atoms with Gasteiger partial charge >= 0.3 is 0 Å². The van der Waals surface area contributed by atoms with Gasteiger partial charge in [-0.3, -0.25) is 0 Å². The van der Waals surface area contributed by atoms with Crippen molar-refractivity contribution in [2.75, 3.05) is 26.7 Å². The largest absolute Gasteiger partial charge is 0.310 e. The van der Waals surface area contributed by atoms with Gasteiger partial charge in [0.05, 0.1) is 0 Å². The van der Waals surface area contributed by atoms with Crippen LogP contribution >= 0.6 is 0 Å². The third-order valence-corrected chi connectivity index (χ3v) is 4.03. The Labute approximate surface area is 129 Å². The molecule has 1 rings (SSSR count). The summed E-state index contributed by atoms with van der Waals surface area (Å²) in [6.45, 7) is 9.90. The van der Waals surface area contributed by atoms with Gasteiger partial charge in [-0.2, -0.15) is 0 Å². The van der Waals surface area contributed by atoms with E-state index in [1.165, 1.54) is 12.0 Å². The first kappa shape index (κ1) is 18.1. The zero-order chi connectivity index (χ0) is 15.7. The van der Waals surface area contributed by atoms with Crippen LogP contribution in [0.3, 0.4) is 0 Å². The molecule has 1 aromatic carbocycles. The van der Waals surface area contributed by atoms with Crippen LogP contribution in [0.25, 0.3) is 0 Å². The lowest BCUT2D eigenvalue weighted by Crippen LogP contribution is -2.30. The van der Waals surface area contributed by atoms with Crippen LogP contribution in [0.1, 0.15) is 51.6 Å². The Morgan fingerprint density at radius 3 is 2.43 bits per heavy atom. The topological polar surface area (TPSA) is 15.3 Å². The van der Waals surface area contributed by atoms with Crippen LogP contribution in [0.15, 0.2) is 24.3 Å². The molecule has 0 aliphatic carbocycles. The van der Waals surface area contributed by atoms with Gasteiger partial charge in [0.1, 0.15) is 5.82 Å². The van der Waals surface area contributed by atoms with E-state index in [2.05, 4.69) is 38.0 Å². The summed E-state index contributed by atoms with van der Waals surface area (Å²) in [4.78, 5) is 2.40. The van der Waals surface area contributed by atoms with Gasteiger partial charge in [-0.05, 0) is 56.6 Å². The van der Waals surface area contributed by atoms with Crippen molar-refractivity contribution in [1.29, 1.82) is 0 Å². The lowest BCUT2D eigenvalue weighted by Gasteiger charge is -2.25. The lowest BCUT2D eigenvalue weighted by atomic mass is 10.0. The van der Waals surface area contributed by atoms with Crippen molar-refractivity contribution >= 4 is 0 Å². The number of hydrogen-bond donors (Lipinski definition) is 1. The zero-order valence-corrected chi connectivity index (χ0v) is 14.0. The summed E-state index contributed by atoms with van der Waals surface area (Å²) < 4.78 is 13.1. The Balaban J connectivity index is 2.55. The Hall–Kier alpha value is -0.930. The molecule has 1 N–H and O–H groups in total. The summed E-state index contributed by atoms with van der Waals surface area (Å²) in [6.07, 6.45) is 3.39. The Morgan fingerprint density at radius 2 is 1.86 bits per heavy atom.